The lowest BCUT2D eigenvalue weighted by atomic mass is 10.4. The second-order valence-corrected chi connectivity index (χ2v) is 2.24. The second kappa shape index (κ2) is 6.75. The number of aryl methyl sites for hydroxylation is 1. The van der Waals surface area contributed by atoms with Gasteiger partial charge < -0.3 is 4.98 Å². The zero-order valence-electron chi connectivity index (χ0n) is 9.90. The highest BCUT2D eigenvalue weighted by molar-refractivity contribution is 5.47. The zero-order valence-corrected chi connectivity index (χ0v) is 9.90. The van der Waals surface area contributed by atoms with Crippen LogP contribution in [-0.4, -0.2) is 19.6 Å². The molecular weight excluding hydrogens is 192 g/mol. The van der Waals surface area contributed by atoms with E-state index >= 15 is 0 Å². The number of H-pyrrole nitrogens is 1. The van der Waals surface area contributed by atoms with Gasteiger partial charge in [0, 0.05) is 0 Å². The maximum Gasteiger partial charge on any atom is 0.277 e. The van der Waals surface area contributed by atoms with Crippen LogP contribution in [0.2, 0.25) is 0 Å². The highest BCUT2D eigenvalue weighted by Gasteiger charge is 2.02. The van der Waals surface area contributed by atoms with Crippen molar-refractivity contribution in [1.29, 1.82) is 0 Å². The maximum absolute atomic E-state index is 11.1. The SMILES string of the molecule is CC.CC.Cc1ncn2nc[nH]c(=O)c12. The molecule has 0 radical (unpaired) electrons. The summed E-state index contributed by atoms with van der Waals surface area (Å²) in [6, 6.07) is 0. The van der Waals surface area contributed by atoms with Crippen molar-refractivity contribution in [3.05, 3.63) is 28.7 Å². The summed E-state index contributed by atoms with van der Waals surface area (Å²) in [5.41, 5.74) is 1.04. The quantitative estimate of drug-likeness (QED) is 0.721. The molecule has 0 fully saturated rings. The Labute approximate surface area is 89.2 Å². The van der Waals surface area contributed by atoms with Gasteiger partial charge in [-0.3, -0.25) is 4.79 Å². The Balaban J connectivity index is 0.000000442. The molecule has 0 aliphatic rings. The molecule has 0 aliphatic heterocycles. The molecule has 1 N–H and O–H groups in total. The number of hydrogen-bond donors (Lipinski definition) is 1. The molecule has 2 rings (SSSR count). The Hall–Kier alpha value is -1.65. The first kappa shape index (κ1) is 13.4. The summed E-state index contributed by atoms with van der Waals surface area (Å²) in [5.74, 6) is 0. The van der Waals surface area contributed by atoms with Crippen molar-refractivity contribution < 1.29 is 0 Å². The Morgan fingerprint density at radius 1 is 1.27 bits per heavy atom. The highest BCUT2D eigenvalue weighted by atomic mass is 16.1. The van der Waals surface area contributed by atoms with Gasteiger partial charge in [0.15, 0.2) is 5.52 Å². The molecule has 15 heavy (non-hydrogen) atoms. The van der Waals surface area contributed by atoms with E-state index in [1.54, 1.807) is 6.92 Å². The van der Waals surface area contributed by atoms with E-state index < -0.39 is 0 Å². The molecule has 0 bridgehead atoms. The molecule has 2 heterocycles. The molecule has 2 aromatic rings. The van der Waals surface area contributed by atoms with Gasteiger partial charge in [-0.2, -0.15) is 5.10 Å². The molecule has 0 atom stereocenters. The van der Waals surface area contributed by atoms with Gasteiger partial charge in [-0.25, -0.2) is 9.50 Å². The molecule has 0 aromatic carbocycles. The van der Waals surface area contributed by atoms with Crippen molar-refractivity contribution in [3.63, 3.8) is 0 Å². The molecule has 0 saturated heterocycles. The van der Waals surface area contributed by atoms with Gasteiger partial charge in [0.25, 0.3) is 5.56 Å². The monoisotopic (exact) mass is 210 g/mol. The number of nitrogens with one attached hydrogen (secondary N) is 1. The van der Waals surface area contributed by atoms with Crippen molar-refractivity contribution in [2.45, 2.75) is 34.6 Å². The van der Waals surface area contributed by atoms with E-state index in [1.165, 1.54) is 17.2 Å². The highest BCUT2D eigenvalue weighted by Crippen LogP contribution is 1.97. The van der Waals surface area contributed by atoms with Crippen LogP contribution in [0.25, 0.3) is 5.52 Å². The van der Waals surface area contributed by atoms with Crippen molar-refractivity contribution in [1.82, 2.24) is 19.6 Å². The predicted octanol–water partition coefficient (Wildman–Crippen LogP) is 1.78. The molecule has 0 saturated carbocycles. The number of rotatable bonds is 0. The topological polar surface area (TPSA) is 63.1 Å². The normalized spacial score (nSPS) is 8.60. The van der Waals surface area contributed by atoms with Crippen molar-refractivity contribution >= 4 is 5.52 Å². The lowest BCUT2D eigenvalue weighted by molar-refractivity contribution is 0.879. The average Bonchev–Trinajstić information content (AvgIpc) is 2.68. The maximum atomic E-state index is 11.1. The fourth-order valence-corrected chi connectivity index (χ4v) is 1.000. The minimum absolute atomic E-state index is 0.157. The van der Waals surface area contributed by atoms with Crippen LogP contribution in [0.15, 0.2) is 17.4 Å². The van der Waals surface area contributed by atoms with Gasteiger partial charge in [-0.05, 0) is 6.92 Å². The largest absolute Gasteiger partial charge is 0.310 e. The first-order chi connectivity index (χ1) is 7.29. The van der Waals surface area contributed by atoms with Gasteiger partial charge in [0.05, 0.1) is 5.69 Å². The van der Waals surface area contributed by atoms with Gasteiger partial charge in [0.1, 0.15) is 12.7 Å². The number of fused-ring (bicyclic) bond motifs is 1. The smallest absolute Gasteiger partial charge is 0.277 e. The van der Waals surface area contributed by atoms with Crippen LogP contribution in [0, 0.1) is 6.92 Å². The number of imidazole rings is 1. The summed E-state index contributed by atoms with van der Waals surface area (Å²) in [6.07, 6.45) is 2.86. The molecule has 0 amide bonds. The Morgan fingerprint density at radius 3 is 2.40 bits per heavy atom. The molecule has 5 heteroatoms. The molecule has 0 aliphatic carbocycles. The van der Waals surface area contributed by atoms with E-state index in [0.29, 0.717) is 11.2 Å². The summed E-state index contributed by atoms with van der Waals surface area (Å²) in [4.78, 5) is 17.5. The standard InChI is InChI=1S/C6H6N4O.2C2H6/c1-4-5-6(11)7-2-9-10(5)3-8-4;2*1-2/h2-3H,1H3,(H,7,9,11);2*1-2H3. The Kier molecular flexibility index (Phi) is 6.01. The minimum atomic E-state index is -0.157. The number of aromatic nitrogens is 4. The van der Waals surface area contributed by atoms with E-state index in [4.69, 9.17) is 0 Å². The third-order valence-corrected chi connectivity index (χ3v) is 1.53. The lowest BCUT2D eigenvalue weighted by Crippen LogP contribution is -2.10. The van der Waals surface area contributed by atoms with Crippen molar-refractivity contribution in [2.75, 3.05) is 0 Å². The molecular formula is C10H18N4O. The third-order valence-electron chi connectivity index (χ3n) is 1.53. The van der Waals surface area contributed by atoms with Crippen LogP contribution in [0.5, 0.6) is 0 Å². The number of hydrogen-bond acceptors (Lipinski definition) is 3. The Bertz CT molecular complexity index is 444. The molecule has 0 spiro atoms. The Morgan fingerprint density at radius 2 is 1.87 bits per heavy atom. The van der Waals surface area contributed by atoms with Crippen LogP contribution < -0.4 is 5.56 Å². The van der Waals surface area contributed by atoms with Gasteiger partial charge in [-0.1, -0.05) is 27.7 Å². The van der Waals surface area contributed by atoms with Gasteiger partial charge in [0.2, 0.25) is 0 Å². The fraction of sp³-hybridized carbons (Fsp3) is 0.500. The summed E-state index contributed by atoms with van der Waals surface area (Å²) in [6.45, 7) is 9.77. The minimum Gasteiger partial charge on any atom is -0.310 e. The summed E-state index contributed by atoms with van der Waals surface area (Å²) in [7, 11) is 0. The molecule has 0 unspecified atom stereocenters. The van der Waals surface area contributed by atoms with E-state index in [-0.39, 0.29) is 5.56 Å². The first-order valence-electron chi connectivity index (χ1n) is 5.16. The van der Waals surface area contributed by atoms with Crippen LogP contribution in [0.1, 0.15) is 33.4 Å². The fourth-order valence-electron chi connectivity index (χ4n) is 1.000. The van der Waals surface area contributed by atoms with E-state index in [9.17, 15) is 4.79 Å². The average molecular weight is 210 g/mol. The van der Waals surface area contributed by atoms with Gasteiger partial charge in [-0.15, -0.1) is 0 Å². The summed E-state index contributed by atoms with van der Waals surface area (Å²) >= 11 is 0. The summed E-state index contributed by atoms with van der Waals surface area (Å²) in [5, 5.41) is 3.86. The van der Waals surface area contributed by atoms with Crippen molar-refractivity contribution in [3.8, 4) is 0 Å². The number of aromatic amines is 1. The lowest BCUT2D eigenvalue weighted by Gasteiger charge is -1.88. The van der Waals surface area contributed by atoms with Gasteiger partial charge >= 0.3 is 0 Å². The van der Waals surface area contributed by atoms with E-state index in [1.807, 2.05) is 27.7 Å². The van der Waals surface area contributed by atoms with E-state index in [2.05, 4.69) is 15.1 Å². The van der Waals surface area contributed by atoms with Crippen LogP contribution in [-0.2, 0) is 0 Å². The predicted molar refractivity (Wildman–Crippen MR) is 61.0 cm³/mol. The summed E-state index contributed by atoms with van der Waals surface area (Å²) < 4.78 is 1.45. The van der Waals surface area contributed by atoms with Crippen molar-refractivity contribution in [2.24, 2.45) is 0 Å². The van der Waals surface area contributed by atoms with Crippen LogP contribution >= 0.6 is 0 Å². The van der Waals surface area contributed by atoms with E-state index in [0.717, 1.165) is 0 Å². The first-order valence-corrected chi connectivity index (χ1v) is 5.16. The van der Waals surface area contributed by atoms with Crippen LogP contribution in [0.3, 0.4) is 0 Å². The molecule has 2 aromatic heterocycles. The third kappa shape index (κ3) is 2.90. The van der Waals surface area contributed by atoms with Crippen LogP contribution in [0.4, 0.5) is 0 Å². The molecule has 5 nitrogen and oxygen atoms in total. The molecule has 84 valence electrons. The number of nitrogens with zero attached hydrogens (tertiary/aromatic N) is 3. The second-order valence-electron chi connectivity index (χ2n) is 2.24. The zero-order chi connectivity index (χ0) is 11.8.